The van der Waals surface area contributed by atoms with Crippen molar-refractivity contribution in [3.63, 3.8) is 0 Å². The first kappa shape index (κ1) is 14.0. The van der Waals surface area contributed by atoms with E-state index in [0.717, 1.165) is 12.3 Å². The van der Waals surface area contributed by atoms with Crippen LogP contribution in [0.1, 0.15) is 25.3 Å². The van der Waals surface area contributed by atoms with Crippen LogP contribution in [0.5, 0.6) is 0 Å². The summed E-state index contributed by atoms with van der Waals surface area (Å²) in [6, 6.07) is 4.41. The number of nitrogens with zero attached hydrogens (tertiary/aromatic N) is 1. The van der Waals surface area contributed by atoms with Gasteiger partial charge in [0.15, 0.2) is 18.9 Å². The van der Waals surface area contributed by atoms with E-state index in [-0.39, 0.29) is 17.0 Å². The molecule has 80 valence electrons. The maximum absolute atomic E-state index is 4.19. The molecule has 1 aromatic heterocycles. The van der Waals surface area contributed by atoms with Crippen molar-refractivity contribution in [2.24, 2.45) is 0 Å². The highest BCUT2D eigenvalue weighted by Crippen LogP contribution is 2.01. The minimum atomic E-state index is 0. The topological polar surface area (TPSA) is 3.88 Å². The summed E-state index contributed by atoms with van der Waals surface area (Å²) in [6.45, 7) is 3.22. The van der Waals surface area contributed by atoms with Crippen molar-refractivity contribution < 1.29 is 21.5 Å². The zero-order valence-corrected chi connectivity index (χ0v) is 11.1. The summed E-state index contributed by atoms with van der Waals surface area (Å²) in [5.74, 6) is 0.902. The second-order valence-electron chi connectivity index (χ2n) is 3.27. The Morgan fingerprint density at radius 3 is 2.43 bits per heavy atom. The van der Waals surface area contributed by atoms with Gasteiger partial charge in [-0.2, -0.15) is 12.6 Å². The fraction of sp³-hybridized carbons (Fsp3) is 0.545. The van der Waals surface area contributed by atoms with Gasteiger partial charge in [0.25, 0.3) is 0 Å². The summed E-state index contributed by atoms with van der Waals surface area (Å²) in [4.78, 5) is 0. The molecule has 1 heterocycles. The van der Waals surface area contributed by atoms with E-state index in [0.29, 0.717) is 0 Å². The number of hydrogen-bond donors (Lipinski definition) is 1. The van der Waals surface area contributed by atoms with Crippen LogP contribution < -0.4 is 21.5 Å². The fourth-order valence-electron chi connectivity index (χ4n) is 1.30. The summed E-state index contributed by atoms with van der Waals surface area (Å²) in [5.41, 5.74) is 1.44. The highest BCUT2D eigenvalue weighted by molar-refractivity contribution is 7.80. The number of thiol groups is 1. The Bertz CT molecular complexity index is 236. The predicted molar refractivity (Wildman–Crippen MR) is 59.1 cm³/mol. The van der Waals surface area contributed by atoms with Gasteiger partial charge in [-0.15, -0.1) is 0 Å². The molecule has 0 saturated heterocycles. The minimum Gasteiger partial charge on any atom is -1.00 e. The van der Waals surface area contributed by atoms with Gasteiger partial charge in [-0.05, 0) is 18.4 Å². The van der Waals surface area contributed by atoms with Gasteiger partial charge in [-0.25, -0.2) is 4.57 Å². The Labute approximate surface area is 103 Å². The maximum atomic E-state index is 4.19. The molecule has 0 aromatic carbocycles. The third kappa shape index (κ3) is 5.01. The Kier molecular flexibility index (Phi) is 8.29. The highest BCUT2D eigenvalue weighted by Gasteiger charge is 1.98. The maximum Gasteiger partial charge on any atom is 0.169 e. The lowest BCUT2D eigenvalue weighted by Gasteiger charge is -1.98. The van der Waals surface area contributed by atoms with E-state index in [2.05, 4.69) is 48.6 Å². The fourth-order valence-corrected chi connectivity index (χ4v) is 1.53. The van der Waals surface area contributed by atoms with E-state index in [1.807, 2.05) is 0 Å². The van der Waals surface area contributed by atoms with Crippen molar-refractivity contribution in [2.75, 3.05) is 5.75 Å². The van der Waals surface area contributed by atoms with Crippen LogP contribution in [0.15, 0.2) is 24.5 Å². The van der Waals surface area contributed by atoms with Crippen molar-refractivity contribution in [3.05, 3.63) is 30.1 Å². The van der Waals surface area contributed by atoms with Gasteiger partial charge in [0.05, 0.1) is 0 Å². The second-order valence-corrected chi connectivity index (χ2v) is 3.72. The first-order valence-electron chi connectivity index (χ1n) is 4.95. The highest BCUT2D eigenvalue weighted by atomic mass is 79.9. The predicted octanol–water partition coefficient (Wildman–Crippen LogP) is -0.749. The molecular weight excluding hydrogens is 258 g/mol. The number of pyridine rings is 1. The molecule has 0 saturated carbocycles. The Morgan fingerprint density at radius 1 is 1.29 bits per heavy atom. The van der Waals surface area contributed by atoms with E-state index in [9.17, 15) is 0 Å². The van der Waals surface area contributed by atoms with E-state index < -0.39 is 0 Å². The number of hydrogen-bond acceptors (Lipinski definition) is 1. The molecule has 0 aliphatic heterocycles. The van der Waals surface area contributed by atoms with Crippen molar-refractivity contribution >= 4 is 12.6 Å². The van der Waals surface area contributed by atoms with E-state index in [4.69, 9.17) is 0 Å². The second kappa shape index (κ2) is 8.30. The summed E-state index contributed by atoms with van der Waals surface area (Å²) < 4.78 is 2.17. The molecule has 0 fully saturated rings. The molecular formula is C11H18BrNS. The number of unbranched alkanes of at least 4 members (excludes halogenated alkanes) is 1. The van der Waals surface area contributed by atoms with Crippen LogP contribution in [0, 0.1) is 0 Å². The first-order valence-corrected chi connectivity index (χ1v) is 5.59. The molecule has 0 N–H and O–H groups in total. The Hall–Kier alpha value is -0.0200. The van der Waals surface area contributed by atoms with Crippen molar-refractivity contribution in [3.8, 4) is 0 Å². The minimum absolute atomic E-state index is 0. The smallest absolute Gasteiger partial charge is 0.169 e. The molecule has 0 bridgehead atoms. The summed E-state index contributed by atoms with van der Waals surface area (Å²) in [7, 11) is 0. The molecule has 14 heavy (non-hydrogen) atoms. The lowest BCUT2D eigenvalue weighted by atomic mass is 10.1. The van der Waals surface area contributed by atoms with Gasteiger partial charge in [0.1, 0.15) is 0 Å². The van der Waals surface area contributed by atoms with Gasteiger partial charge >= 0.3 is 0 Å². The van der Waals surface area contributed by atoms with E-state index >= 15 is 0 Å². The van der Waals surface area contributed by atoms with Crippen LogP contribution in [-0.4, -0.2) is 5.75 Å². The van der Waals surface area contributed by atoms with Crippen molar-refractivity contribution in [2.45, 2.75) is 32.7 Å². The van der Waals surface area contributed by atoms with Gasteiger partial charge in [0.2, 0.25) is 0 Å². The molecule has 0 aliphatic carbocycles. The monoisotopic (exact) mass is 275 g/mol. The third-order valence-corrected chi connectivity index (χ3v) is 2.34. The average molecular weight is 276 g/mol. The van der Waals surface area contributed by atoms with Crippen LogP contribution >= 0.6 is 12.6 Å². The molecule has 0 radical (unpaired) electrons. The van der Waals surface area contributed by atoms with Crippen LogP contribution in [0.3, 0.4) is 0 Å². The molecule has 1 nitrogen and oxygen atoms in total. The summed E-state index contributed by atoms with van der Waals surface area (Å²) in [6.07, 6.45) is 8.04. The van der Waals surface area contributed by atoms with Crippen LogP contribution in [-0.2, 0) is 13.0 Å². The molecule has 0 spiro atoms. The van der Waals surface area contributed by atoms with Gasteiger partial charge in [-0.1, -0.05) is 13.3 Å². The number of aryl methyl sites for hydroxylation is 2. The van der Waals surface area contributed by atoms with Crippen molar-refractivity contribution in [1.82, 2.24) is 0 Å². The third-order valence-electron chi connectivity index (χ3n) is 2.14. The lowest BCUT2D eigenvalue weighted by molar-refractivity contribution is -0.692. The van der Waals surface area contributed by atoms with Gasteiger partial charge < -0.3 is 17.0 Å². The zero-order chi connectivity index (χ0) is 9.52. The quantitative estimate of drug-likeness (QED) is 0.533. The van der Waals surface area contributed by atoms with Gasteiger partial charge in [-0.3, -0.25) is 0 Å². The Morgan fingerprint density at radius 2 is 1.93 bits per heavy atom. The summed E-state index contributed by atoms with van der Waals surface area (Å²) in [5, 5.41) is 0. The molecule has 1 aromatic rings. The molecule has 0 atom stereocenters. The zero-order valence-electron chi connectivity index (χ0n) is 8.62. The number of aromatic nitrogens is 1. The molecule has 3 heteroatoms. The summed E-state index contributed by atoms with van der Waals surface area (Å²) >= 11 is 4.19. The van der Waals surface area contributed by atoms with Gasteiger partial charge in [0, 0.05) is 17.9 Å². The van der Waals surface area contributed by atoms with Crippen LogP contribution in [0.4, 0.5) is 0 Å². The SMILES string of the molecule is CCCCc1cc[n+](CCS)cc1.[Br-]. The largest absolute Gasteiger partial charge is 1.00 e. The molecule has 1 rings (SSSR count). The lowest BCUT2D eigenvalue weighted by Crippen LogP contribution is -3.00. The normalized spacial score (nSPS) is 9.57. The Balaban J connectivity index is 0.00000169. The molecule has 0 unspecified atom stereocenters. The van der Waals surface area contributed by atoms with E-state index in [1.54, 1.807) is 0 Å². The first-order chi connectivity index (χ1) is 6.36. The van der Waals surface area contributed by atoms with E-state index in [1.165, 1.54) is 24.8 Å². The average Bonchev–Trinajstić information content (AvgIpc) is 2.17. The number of rotatable bonds is 5. The molecule has 0 amide bonds. The standard InChI is InChI=1S/C11H17NS.BrH/c1-2-3-4-11-5-7-12(8-6-11)9-10-13;/h5-8H,2-4,9-10H2,1H3;1H. The molecule has 0 aliphatic rings. The van der Waals surface area contributed by atoms with Crippen LogP contribution in [0.25, 0.3) is 0 Å². The number of halogens is 1. The van der Waals surface area contributed by atoms with Crippen LogP contribution in [0.2, 0.25) is 0 Å². The van der Waals surface area contributed by atoms with Crippen molar-refractivity contribution in [1.29, 1.82) is 0 Å².